The molecule has 0 amide bonds. The molecular weight excluding hydrogens is 320 g/mol. The molecule has 2 rings (SSSR count). The van der Waals surface area contributed by atoms with Crippen molar-refractivity contribution < 1.29 is 19.8 Å². The van der Waals surface area contributed by atoms with Gasteiger partial charge in [-0.15, -0.1) is 0 Å². The fraction of sp³-hybridized carbons (Fsp3) is 0.579. The van der Waals surface area contributed by atoms with Gasteiger partial charge in [-0.05, 0) is 43.5 Å². The van der Waals surface area contributed by atoms with Gasteiger partial charge in [0.1, 0.15) is 0 Å². The molecular formula is C19H30N2O4. The fourth-order valence-electron chi connectivity index (χ4n) is 2.64. The summed E-state index contributed by atoms with van der Waals surface area (Å²) in [6, 6.07) is 4.17. The highest BCUT2D eigenvalue weighted by Gasteiger charge is 2.13. The van der Waals surface area contributed by atoms with Crippen molar-refractivity contribution in [1.29, 1.82) is 0 Å². The Balaban J connectivity index is 0.000000251. The smallest absolute Gasteiger partial charge is 0.335 e. The van der Waals surface area contributed by atoms with Crippen molar-refractivity contribution in [1.82, 2.24) is 10.2 Å². The van der Waals surface area contributed by atoms with Crippen LogP contribution < -0.4 is 5.32 Å². The SMILES string of the molecule is CCC(C)CCN1CCNCC1.Cc1c(C(=O)O)cccc1C(=O)O. The van der Waals surface area contributed by atoms with Crippen LogP contribution in [0.4, 0.5) is 0 Å². The lowest BCUT2D eigenvalue weighted by molar-refractivity contribution is 0.0696. The summed E-state index contributed by atoms with van der Waals surface area (Å²) < 4.78 is 0. The molecule has 1 saturated heterocycles. The van der Waals surface area contributed by atoms with Gasteiger partial charge in [0.25, 0.3) is 0 Å². The highest BCUT2D eigenvalue weighted by Crippen LogP contribution is 2.13. The second kappa shape index (κ2) is 10.8. The first-order valence-electron chi connectivity index (χ1n) is 8.86. The fourth-order valence-corrected chi connectivity index (χ4v) is 2.64. The first-order valence-corrected chi connectivity index (χ1v) is 8.86. The molecule has 1 aromatic carbocycles. The number of nitrogens with zero attached hydrogens (tertiary/aromatic N) is 1. The number of piperazine rings is 1. The van der Waals surface area contributed by atoms with Gasteiger partial charge >= 0.3 is 11.9 Å². The largest absolute Gasteiger partial charge is 0.478 e. The summed E-state index contributed by atoms with van der Waals surface area (Å²) in [4.78, 5) is 23.8. The normalized spacial score (nSPS) is 15.8. The second-order valence-corrected chi connectivity index (χ2v) is 6.48. The summed E-state index contributed by atoms with van der Waals surface area (Å²) in [5.74, 6) is -1.32. The first-order chi connectivity index (χ1) is 11.9. The van der Waals surface area contributed by atoms with Gasteiger partial charge in [-0.2, -0.15) is 0 Å². The molecule has 1 unspecified atom stereocenters. The van der Waals surface area contributed by atoms with Crippen molar-refractivity contribution in [3.05, 3.63) is 34.9 Å². The first kappa shape index (κ1) is 21.1. The Morgan fingerprint density at radius 2 is 1.68 bits per heavy atom. The molecule has 6 nitrogen and oxygen atoms in total. The molecule has 1 aliphatic heterocycles. The number of hydrogen-bond acceptors (Lipinski definition) is 4. The lowest BCUT2D eigenvalue weighted by Gasteiger charge is -2.27. The third-order valence-electron chi connectivity index (χ3n) is 4.64. The van der Waals surface area contributed by atoms with Gasteiger partial charge in [0.15, 0.2) is 0 Å². The summed E-state index contributed by atoms with van der Waals surface area (Å²) in [6.45, 7) is 12.3. The van der Waals surface area contributed by atoms with Crippen LogP contribution in [0.3, 0.4) is 0 Å². The maximum atomic E-state index is 10.6. The Bertz CT molecular complexity index is 536. The van der Waals surface area contributed by atoms with E-state index in [2.05, 4.69) is 24.1 Å². The number of carboxylic acid groups (broad SMARTS) is 2. The summed E-state index contributed by atoms with van der Waals surface area (Å²) >= 11 is 0. The molecule has 0 saturated carbocycles. The van der Waals surface area contributed by atoms with Crippen molar-refractivity contribution in [2.24, 2.45) is 5.92 Å². The summed E-state index contributed by atoms with van der Waals surface area (Å²) in [5, 5.41) is 20.7. The van der Waals surface area contributed by atoms with Gasteiger partial charge in [0.2, 0.25) is 0 Å². The maximum absolute atomic E-state index is 10.6. The van der Waals surface area contributed by atoms with Crippen LogP contribution >= 0.6 is 0 Å². The van der Waals surface area contributed by atoms with E-state index in [0.29, 0.717) is 0 Å². The molecule has 0 radical (unpaired) electrons. The number of rotatable bonds is 6. The minimum atomic E-state index is -1.11. The zero-order valence-corrected chi connectivity index (χ0v) is 15.4. The lowest BCUT2D eigenvalue weighted by atomic mass is 10.0. The third kappa shape index (κ3) is 7.23. The van der Waals surface area contributed by atoms with Gasteiger partial charge in [-0.1, -0.05) is 26.3 Å². The predicted octanol–water partition coefficient (Wildman–Crippen LogP) is 2.72. The van der Waals surface area contributed by atoms with Crippen LogP contribution in [0, 0.1) is 12.8 Å². The van der Waals surface area contributed by atoms with Crippen LogP contribution in [0.1, 0.15) is 53.0 Å². The van der Waals surface area contributed by atoms with E-state index in [-0.39, 0.29) is 16.7 Å². The quantitative estimate of drug-likeness (QED) is 0.731. The third-order valence-corrected chi connectivity index (χ3v) is 4.64. The van der Waals surface area contributed by atoms with Crippen LogP contribution in [0.25, 0.3) is 0 Å². The van der Waals surface area contributed by atoms with Crippen LogP contribution in [0.2, 0.25) is 0 Å². The van der Waals surface area contributed by atoms with E-state index < -0.39 is 11.9 Å². The maximum Gasteiger partial charge on any atom is 0.335 e. The molecule has 3 N–H and O–H groups in total. The standard InChI is InChI=1S/C10H22N2.C9H8O4/c1-3-10(2)4-7-12-8-5-11-6-9-12;1-5-6(8(10)11)3-2-4-7(5)9(12)13/h10-11H,3-9H2,1-2H3;2-4H,1H3,(H,10,11)(H,12,13). The van der Waals surface area contributed by atoms with E-state index in [1.165, 1.54) is 70.7 Å². The molecule has 1 heterocycles. The number of benzene rings is 1. The minimum Gasteiger partial charge on any atom is -0.478 e. The Morgan fingerprint density at radius 3 is 2.12 bits per heavy atom. The summed E-state index contributed by atoms with van der Waals surface area (Å²) in [5.41, 5.74) is 0.335. The average molecular weight is 350 g/mol. The summed E-state index contributed by atoms with van der Waals surface area (Å²) in [6.07, 6.45) is 2.70. The number of carboxylic acids is 2. The van der Waals surface area contributed by atoms with Gasteiger partial charge in [-0.25, -0.2) is 9.59 Å². The number of nitrogens with one attached hydrogen (secondary N) is 1. The molecule has 6 heteroatoms. The van der Waals surface area contributed by atoms with Crippen molar-refractivity contribution >= 4 is 11.9 Å². The average Bonchev–Trinajstić information content (AvgIpc) is 2.60. The van der Waals surface area contributed by atoms with E-state index in [1.807, 2.05) is 0 Å². The van der Waals surface area contributed by atoms with Gasteiger partial charge in [0, 0.05) is 26.2 Å². The van der Waals surface area contributed by atoms with Crippen molar-refractivity contribution in [2.45, 2.75) is 33.6 Å². The van der Waals surface area contributed by atoms with E-state index >= 15 is 0 Å². The molecule has 0 spiro atoms. The molecule has 0 bridgehead atoms. The van der Waals surface area contributed by atoms with E-state index in [1.54, 1.807) is 0 Å². The van der Waals surface area contributed by atoms with E-state index in [4.69, 9.17) is 10.2 Å². The highest BCUT2D eigenvalue weighted by molar-refractivity contribution is 5.96. The molecule has 0 aromatic heterocycles. The molecule has 1 fully saturated rings. The molecule has 1 atom stereocenters. The zero-order chi connectivity index (χ0) is 18.8. The number of carbonyl (C=O) groups is 2. The van der Waals surface area contributed by atoms with Gasteiger partial charge in [-0.3, -0.25) is 0 Å². The van der Waals surface area contributed by atoms with E-state index in [9.17, 15) is 9.59 Å². The van der Waals surface area contributed by atoms with Crippen molar-refractivity contribution in [3.8, 4) is 0 Å². The van der Waals surface area contributed by atoms with Crippen molar-refractivity contribution in [3.63, 3.8) is 0 Å². The van der Waals surface area contributed by atoms with Crippen LogP contribution in [0.15, 0.2) is 18.2 Å². The molecule has 0 aliphatic carbocycles. The second-order valence-electron chi connectivity index (χ2n) is 6.48. The van der Waals surface area contributed by atoms with Crippen LogP contribution in [0.5, 0.6) is 0 Å². The molecule has 1 aliphatic rings. The molecule has 1 aromatic rings. The predicted molar refractivity (Wildman–Crippen MR) is 98.5 cm³/mol. The Kier molecular flexibility index (Phi) is 9.16. The minimum absolute atomic E-state index is 0.0277. The Labute approximate surface area is 149 Å². The van der Waals surface area contributed by atoms with Gasteiger partial charge < -0.3 is 20.4 Å². The zero-order valence-electron chi connectivity index (χ0n) is 15.4. The highest BCUT2D eigenvalue weighted by atomic mass is 16.4. The Hall–Kier alpha value is -1.92. The number of hydrogen-bond donors (Lipinski definition) is 3. The summed E-state index contributed by atoms with van der Waals surface area (Å²) in [7, 11) is 0. The topological polar surface area (TPSA) is 89.9 Å². The van der Waals surface area contributed by atoms with Crippen LogP contribution in [-0.4, -0.2) is 59.8 Å². The number of aromatic carboxylic acids is 2. The Morgan fingerprint density at radius 1 is 1.16 bits per heavy atom. The van der Waals surface area contributed by atoms with E-state index in [0.717, 1.165) is 5.92 Å². The lowest BCUT2D eigenvalue weighted by Crippen LogP contribution is -2.44. The van der Waals surface area contributed by atoms with Crippen LogP contribution in [-0.2, 0) is 0 Å². The van der Waals surface area contributed by atoms with Crippen molar-refractivity contribution in [2.75, 3.05) is 32.7 Å². The van der Waals surface area contributed by atoms with Gasteiger partial charge in [0.05, 0.1) is 11.1 Å². The monoisotopic (exact) mass is 350 g/mol. The molecule has 140 valence electrons. The molecule has 25 heavy (non-hydrogen) atoms.